The highest BCUT2D eigenvalue weighted by atomic mass is 16.5. The van der Waals surface area contributed by atoms with E-state index in [4.69, 9.17) is 9.47 Å². The van der Waals surface area contributed by atoms with E-state index in [1.165, 1.54) is 25.3 Å². The molecule has 7 heteroatoms. The van der Waals surface area contributed by atoms with E-state index in [0.717, 1.165) is 5.56 Å². The lowest BCUT2D eigenvalue weighted by atomic mass is 10.0. The van der Waals surface area contributed by atoms with E-state index in [-0.39, 0.29) is 31.1 Å². The number of phenolic OH excluding ortho intramolecular Hbond substituents is 1. The minimum atomic E-state index is -1.22. The summed E-state index contributed by atoms with van der Waals surface area (Å²) in [7, 11) is 1.40. The first-order valence-electron chi connectivity index (χ1n) is 8.19. The molecule has 0 aromatic heterocycles. The fourth-order valence-electron chi connectivity index (χ4n) is 2.41. The van der Waals surface area contributed by atoms with Gasteiger partial charge in [-0.1, -0.05) is 30.3 Å². The van der Waals surface area contributed by atoms with E-state index in [1.807, 2.05) is 30.3 Å². The number of hydrogen-bond acceptors (Lipinski definition) is 6. The highest BCUT2D eigenvalue weighted by molar-refractivity contribution is 5.67. The van der Waals surface area contributed by atoms with Gasteiger partial charge in [0.2, 0.25) is 0 Å². The van der Waals surface area contributed by atoms with Gasteiger partial charge in [-0.15, -0.1) is 0 Å². The van der Waals surface area contributed by atoms with E-state index in [1.54, 1.807) is 0 Å². The third-order valence-corrected chi connectivity index (χ3v) is 3.82. The Morgan fingerprint density at radius 2 is 1.88 bits per heavy atom. The number of aliphatic hydroxyl groups is 2. The van der Waals surface area contributed by atoms with E-state index < -0.39 is 18.3 Å². The summed E-state index contributed by atoms with van der Waals surface area (Å²) in [5.74, 6) is 0.266. The monoisotopic (exact) mass is 361 g/mol. The fraction of sp³-hybridized carbons (Fsp3) is 0.316. The van der Waals surface area contributed by atoms with Crippen LogP contribution >= 0.6 is 0 Å². The summed E-state index contributed by atoms with van der Waals surface area (Å²) >= 11 is 0. The SMILES string of the molecule is COc1cc(O)ccc1C(O)C(O)CCNC(=O)OCc1ccccc1. The molecule has 0 aliphatic carbocycles. The van der Waals surface area contributed by atoms with Crippen molar-refractivity contribution in [1.82, 2.24) is 5.32 Å². The number of rotatable bonds is 8. The molecule has 140 valence electrons. The lowest BCUT2D eigenvalue weighted by molar-refractivity contribution is 0.0123. The highest BCUT2D eigenvalue weighted by Crippen LogP contribution is 2.31. The predicted octanol–water partition coefficient (Wildman–Crippen LogP) is 2.11. The van der Waals surface area contributed by atoms with Crippen LogP contribution in [0.3, 0.4) is 0 Å². The molecule has 2 rings (SSSR count). The van der Waals surface area contributed by atoms with E-state index in [0.29, 0.717) is 5.56 Å². The summed E-state index contributed by atoms with van der Waals surface area (Å²) in [5.41, 5.74) is 1.22. The largest absolute Gasteiger partial charge is 0.508 e. The van der Waals surface area contributed by atoms with Crippen molar-refractivity contribution < 1.29 is 29.6 Å². The van der Waals surface area contributed by atoms with Crippen LogP contribution in [0, 0.1) is 0 Å². The van der Waals surface area contributed by atoms with Crippen molar-refractivity contribution in [3.8, 4) is 11.5 Å². The molecule has 1 amide bonds. The zero-order valence-electron chi connectivity index (χ0n) is 14.5. The molecule has 0 aliphatic heterocycles. The third kappa shape index (κ3) is 5.65. The Morgan fingerprint density at radius 1 is 1.15 bits per heavy atom. The minimum Gasteiger partial charge on any atom is -0.508 e. The number of amides is 1. The average molecular weight is 361 g/mol. The van der Waals surface area contributed by atoms with Crippen LogP contribution in [0.5, 0.6) is 11.5 Å². The molecule has 2 aromatic carbocycles. The number of phenols is 1. The van der Waals surface area contributed by atoms with Gasteiger partial charge in [0.1, 0.15) is 24.2 Å². The smallest absolute Gasteiger partial charge is 0.407 e. The molecule has 0 bridgehead atoms. The second-order valence-corrected chi connectivity index (χ2v) is 5.72. The van der Waals surface area contributed by atoms with Gasteiger partial charge in [0.05, 0.1) is 13.2 Å². The molecule has 2 aromatic rings. The van der Waals surface area contributed by atoms with Gasteiger partial charge in [-0.3, -0.25) is 0 Å². The number of aliphatic hydroxyl groups excluding tert-OH is 2. The lowest BCUT2D eigenvalue weighted by Gasteiger charge is -2.20. The van der Waals surface area contributed by atoms with Crippen LogP contribution in [-0.4, -0.2) is 41.2 Å². The summed E-state index contributed by atoms with van der Waals surface area (Å²) in [5, 5.41) is 32.3. The minimum absolute atomic E-state index is 0.00452. The first-order valence-corrected chi connectivity index (χ1v) is 8.19. The Balaban J connectivity index is 1.77. The number of benzene rings is 2. The van der Waals surface area contributed by atoms with Crippen LogP contribution < -0.4 is 10.1 Å². The van der Waals surface area contributed by atoms with Gasteiger partial charge in [-0.2, -0.15) is 0 Å². The summed E-state index contributed by atoms with van der Waals surface area (Å²) < 4.78 is 10.2. The zero-order valence-corrected chi connectivity index (χ0v) is 14.5. The fourth-order valence-corrected chi connectivity index (χ4v) is 2.41. The molecular weight excluding hydrogens is 338 g/mol. The first kappa shape index (κ1) is 19.6. The zero-order chi connectivity index (χ0) is 18.9. The van der Waals surface area contributed by atoms with Gasteiger partial charge < -0.3 is 30.1 Å². The molecular formula is C19H23NO6. The Bertz CT molecular complexity index is 706. The molecule has 0 fully saturated rings. The molecule has 0 radical (unpaired) electrons. The highest BCUT2D eigenvalue weighted by Gasteiger charge is 2.22. The molecule has 2 atom stereocenters. The number of nitrogens with one attached hydrogen (secondary N) is 1. The summed E-state index contributed by atoms with van der Waals surface area (Å²) in [6, 6.07) is 13.5. The molecule has 0 spiro atoms. The van der Waals surface area contributed by atoms with E-state index in [9.17, 15) is 20.1 Å². The number of hydrogen-bond donors (Lipinski definition) is 4. The van der Waals surface area contributed by atoms with Crippen LogP contribution in [0.15, 0.2) is 48.5 Å². The maximum atomic E-state index is 11.7. The summed E-state index contributed by atoms with van der Waals surface area (Å²) in [6.07, 6.45) is -2.82. The number of alkyl carbamates (subject to hydrolysis) is 1. The summed E-state index contributed by atoms with van der Waals surface area (Å²) in [4.78, 5) is 11.7. The summed E-state index contributed by atoms with van der Waals surface area (Å²) in [6.45, 7) is 0.287. The molecule has 4 N–H and O–H groups in total. The van der Waals surface area contributed by atoms with Crippen LogP contribution in [0.1, 0.15) is 23.7 Å². The van der Waals surface area contributed by atoms with E-state index in [2.05, 4.69) is 5.32 Å². The topological polar surface area (TPSA) is 108 Å². The number of methoxy groups -OCH3 is 1. The quantitative estimate of drug-likeness (QED) is 0.573. The second-order valence-electron chi connectivity index (χ2n) is 5.72. The molecule has 0 saturated carbocycles. The van der Waals surface area contributed by atoms with Crippen LogP contribution in [0.25, 0.3) is 0 Å². The van der Waals surface area contributed by atoms with Gasteiger partial charge in [-0.25, -0.2) is 4.79 Å². The number of aromatic hydroxyl groups is 1. The van der Waals surface area contributed by atoms with Crippen molar-refractivity contribution in [3.63, 3.8) is 0 Å². The lowest BCUT2D eigenvalue weighted by Crippen LogP contribution is -2.29. The van der Waals surface area contributed by atoms with Crippen molar-refractivity contribution in [1.29, 1.82) is 0 Å². The van der Waals surface area contributed by atoms with Crippen LogP contribution in [0.2, 0.25) is 0 Å². The molecule has 0 heterocycles. The van der Waals surface area contributed by atoms with Crippen molar-refractivity contribution >= 4 is 6.09 Å². The van der Waals surface area contributed by atoms with Crippen LogP contribution in [-0.2, 0) is 11.3 Å². The molecule has 26 heavy (non-hydrogen) atoms. The van der Waals surface area contributed by atoms with Gasteiger partial charge in [0.15, 0.2) is 0 Å². The molecule has 7 nitrogen and oxygen atoms in total. The standard InChI is InChI=1S/C19H23NO6/c1-25-17-11-14(21)7-8-15(17)18(23)16(22)9-10-20-19(24)26-12-13-5-3-2-4-6-13/h2-8,11,16,18,21-23H,9-10,12H2,1H3,(H,20,24). The normalized spacial score (nSPS) is 12.9. The third-order valence-electron chi connectivity index (χ3n) is 3.82. The van der Waals surface area contributed by atoms with Crippen LogP contribution in [0.4, 0.5) is 4.79 Å². The molecule has 2 unspecified atom stereocenters. The Kier molecular flexibility index (Phi) is 7.25. The number of carbonyl (C=O) groups is 1. The van der Waals surface area contributed by atoms with Crippen molar-refractivity contribution in [2.75, 3.05) is 13.7 Å². The maximum absolute atomic E-state index is 11.7. The van der Waals surface area contributed by atoms with Gasteiger partial charge in [0, 0.05) is 18.2 Å². The molecule has 0 aliphatic rings. The second kappa shape index (κ2) is 9.65. The van der Waals surface area contributed by atoms with Crippen molar-refractivity contribution in [2.45, 2.75) is 25.2 Å². The Morgan fingerprint density at radius 3 is 2.58 bits per heavy atom. The Hall–Kier alpha value is -2.77. The number of carbonyl (C=O) groups excluding carboxylic acids is 1. The van der Waals surface area contributed by atoms with Gasteiger partial charge >= 0.3 is 6.09 Å². The molecule has 0 saturated heterocycles. The predicted molar refractivity (Wildman–Crippen MR) is 94.9 cm³/mol. The van der Waals surface area contributed by atoms with Crippen molar-refractivity contribution in [3.05, 3.63) is 59.7 Å². The van der Waals surface area contributed by atoms with Gasteiger partial charge in [-0.05, 0) is 24.1 Å². The Labute approximate surface area is 151 Å². The maximum Gasteiger partial charge on any atom is 0.407 e. The number of ether oxygens (including phenoxy) is 2. The first-order chi connectivity index (χ1) is 12.5. The van der Waals surface area contributed by atoms with E-state index >= 15 is 0 Å². The van der Waals surface area contributed by atoms with Gasteiger partial charge in [0.25, 0.3) is 0 Å². The van der Waals surface area contributed by atoms with Crippen molar-refractivity contribution in [2.24, 2.45) is 0 Å². The average Bonchev–Trinajstić information content (AvgIpc) is 2.66.